The van der Waals surface area contributed by atoms with Gasteiger partial charge < -0.3 is 20.3 Å². The first-order chi connectivity index (χ1) is 16.0. The van der Waals surface area contributed by atoms with E-state index in [0.717, 1.165) is 29.7 Å². The molecule has 3 amide bonds. The number of benzene rings is 2. The van der Waals surface area contributed by atoms with E-state index in [0.29, 0.717) is 38.9 Å². The second kappa shape index (κ2) is 12.2. The van der Waals surface area contributed by atoms with E-state index < -0.39 is 0 Å². The third-order valence-corrected chi connectivity index (χ3v) is 6.16. The average molecular weight is 456 g/mol. The van der Waals surface area contributed by atoms with Gasteiger partial charge in [-0.3, -0.25) is 4.79 Å². The summed E-state index contributed by atoms with van der Waals surface area (Å²) in [6, 6.07) is 13.7. The second-order valence-electron chi connectivity index (χ2n) is 8.43. The predicted octanol–water partition coefficient (Wildman–Crippen LogP) is 4.46. The van der Waals surface area contributed by atoms with Crippen molar-refractivity contribution >= 4 is 11.9 Å². The van der Waals surface area contributed by atoms with Gasteiger partial charge in [0.05, 0.1) is 19.1 Å². The third kappa shape index (κ3) is 6.70. The number of para-hydroxylation sites is 1. The fraction of sp³-hybridized carbons (Fsp3) is 0.462. The molecule has 1 heterocycles. The van der Waals surface area contributed by atoms with Crippen LogP contribution in [-0.4, -0.2) is 43.6 Å². The monoisotopic (exact) mass is 455 g/mol. The van der Waals surface area contributed by atoms with Crippen LogP contribution in [0.3, 0.4) is 0 Å². The Balaban J connectivity index is 1.63. The first-order valence-corrected chi connectivity index (χ1v) is 11.7. The summed E-state index contributed by atoms with van der Waals surface area (Å²) in [6.07, 6.45) is 3.87. The van der Waals surface area contributed by atoms with Crippen LogP contribution >= 0.6 is 0 Å². The number of nitrogens with one attached hydrogen (secondary N) is 2. The number of rotatable bonds is 9. The Morgan fingerprint density at radius 3 is 2.55 bits per heavy atom. The van der Waals surface area contributed by atoms with E-state index in [-0.39, 0.29) is 29.7 Å². The van der Waals surface area contributed by atoms with Gasteiger partial charge >= 0.3 is 6.03 Å². The average Bonchev–Trinajstić information content (AvgIpc) is 2.84. The minimum Gasteiger partial charge on any atom is -0.496 e. The highest BCUT2D eigenvalue weighted by Crippen LogP contribution is 2.33. The summed E-state index contributed by atoms with van der Waals surface area (Å²) in [5.41, 5.74) is 1.93. The minimum atomic E-state index is -0.305. The van der Waals surface area contributed by atoms with Gasteiger partial charge in [0.15, 0.2) is 0 Å². The minimum absolute atomic E-state index is 0.0474. The van der Waals surface area contributed by atoms with Crippen molar-refractivity contribution in [2.24, 2.45) is 5.92 Å². The summed E-state index contributed by atoms with van der Waals surface area (Å²) in [4.78, 5) is 27.6. The normalized spacial score (nSPS) is 18.0. The van der Waals surface area contributed by atoms with Crippen molar-refractivity contribution in [2.45, 2.75) is 45.1 Å². The van der Waals surface area contributed by atoms with Crippen LogP contribution in [0.5, 0.6) is 5.75 Å². The Labute approximate surface area is 195 Å². The van der Waals surface area contributed by atoms with Crippen molar-refractivity contribution in [2.75, 3.05) is 26.7 Å². The van der Waals surface area contributed by atoms with Gasteiger partial charge in [-0.1, -0.05) is 43.7 Å². The molecule has 6 nitrogen and oxygen atoms in total. The van der Waals surface area contributed by atoms with Gasteiger partial charge in [0.1, 0.15) is 11.6 Å². The van der Waals surface area contributed by atoms with Gasteiger partial charge in [-0.05, 0) is 55.0 Å². The molecule has 0 radical (unpaired) electrons. The van der Waals surface area contributed by atoms with Crippen molar-refractivity contribution in [3.05, 3.63) is 65.5 Å². The van der Waals surface area contributed by atoms with Crippen LogP contribution < -0.4 is 15.4 Å². The molecule has 0 unspecified atom stereocenters. The highest BCUT2D eigenvalue weighted by atomic mass is 19.1. The van der Waals surface area contributed by atoms with Gasteiger partial charge in [0.25, 0.3) is 0 Å². The number of carbonyl (C=O) groups is 2. The van der Waals surface area contributed by atoms with Crippen LogP contribution in [0.1, 0.15) is 49.8 Å². The van der Waals surface area contributed by atoms with E-state index >= 15 is 0 Å². The summed E-state index contributed by atoms with van der Waals surface area (Å²) < 4.78 is 18.8. The number of urea groups is 1. The van der Waals surface area contributed by atoms with Gasteiger partial charge in [0, 0.05) is 19.6 Å². The van der Waals surface area contributed by atoms with E-state index in [4.69, 9.17) is 4.74 Å². The first-order valence-electron chi connectivity index (χ1n) is 11.7. The number of hydrogen-bond acceptors (Lipinski definition) is 3. The topological polar surface area (TPSA) is 70.7 Å². The maximum Gasteiger partial charge on any atom is 0.317 e. The van der Waals surface area contributed by atoms with Crippen molar-refractivity contribution < 1.29 is 18.7 Å². The molecule has 2 N–H and O–H groups in total. The first kappa shape index (κ1) is 24.6. The number of piperidine rings is 1. The molecule has 7 heteroatoms. The largest absolute Gasteiger partial charge is 0.496 e. The number of methoxy groups -OCH3 is 1. The zero-order valence-corrected chi connectivity index (χ0v) is 19.5. The fourth-order valence-corrected chi connectivity index (χ4v) is 4.29. The van der Waals surface area contributed by atoms with Crippen molar-refractivity contribution in [1.29, 1.82) is 0 Å². The molecule has 1 aliphatic heterocycles. The number of halogens is 1. The summed E-state index contributed by atoms with van der Waals surface area (Å²) in [6.45, 7) is 3.50. The maximum absolute atomic E-state index is 13.4. The highest BCUT2D eigenvalue weighted by molar-refractivity contribution is 5.81. The molecular weight excluding hydrogens is 421 g/mol. The van der Waals surface area contributed by atoms with Gasteiger partial charge in [-0.2, -0.15) is 0 Å². The van der Waals surface area contributed by atoms with E-state index in [1.165, 1.54) is 12.1 Å². The smallest absolute Gasteiger partial charge is 0.317 e. The Hall–Kier alpha value is -3.09. The molecule has 0 spiro atoms. The van der Waals surface area contributed by atoms with E-state index in [1.807, 2.05) is 24.3 Å². The number of carbonyl (C=O) groups excluding carboxylic acids is 2. The molecular formula is C26H34FN3O3. The number of hydrogen-bond donors (Lipinski definition) is 2. The molecule has 2 aromatic rings. The zero-order valence-electron chi connectivity index (χ0n) is 19.5. The molecule has 33 heavy (non-hydrogen) atoms. The maximum atomic E-state index is 13.4. The number of amides is 3. The van der Waals surface area contributed by atoms with Crippen molar-refractivity contribution in [3.63, 3.8) is 0 Å². The van der Waals surface area contributed by atoms with Crippen LogP contribution in [0.15, 0.2) is 48.5 Å². The van der Waals surface area contributed by atoms with Crippen LogP contribution in [-0.2, 0) is 11.2 Å². The fourth-order valence-electron chi connectivity index (χ4n) is 4.29. The SMILES string of the molecule is CCCCNC(=O)N1C[C@@H](C(=O)NCCc2ccccc2OC)CC[C@@H]1c1ccc(F)cc1. The molecule has 3 rings (SSSR count). The Morgan fingerprint density at radius 2 is 1.82 bits per heavy atom. The number of nitrogens with zero attached hydrogens (tertiary/aromatic N) is 1. The lowest BCUT2D eigenvalue weighted by molar-refractivity contribution is -0.126. The molecule has 2 atom stereocenters. The molecule has 1 saturated heterocycles. The van der Waals surface area contributed by atoms with E-state index in [2.05, 4.69) is 17.6 Å². The van der Waals surface area contributed by atoms with Gasteiger partial charge in [-0.25, -0.2) is 9.18 Å². The molecule has 1 aliphatic rings. The van der Waals surface area contributed by atoms with E-state index in [9.17, 15) is 14.0 Å². The summed E-state index contributed by atoms with van der Waals surface area (Å²) in [7, 11) is 1.64. The number of ether oxygens (including phenoxy) is 1. The lowest BCUT2D eigenvalue weighted by atomic mass is 9.88. The summed E-state index contributed by atoms with van der Waals surface area (Å²) in [5.74, 6) is 0.174. The predicted molar refractivity (Wildman–Crippen MR) is 127 cm³/mol. The van der Waals surface area contributed by atoms with Crippen LogP contribution in [0.4, 0.5) is 9.18 Å². The highest BCUT2D eigenvalue weighted by Gasteiger charge is 2.35. The Bertz CT molecular complexity index is 919. The lowest BCUT2D eigenvalue weighted by Crippen LogP contribution is -2.50. The molecule has 2 aromatic carbocycles. The van der Waals surface area contributed by atoms with Crippen molar-refractivity contribution in [3.8, 4) is 5.75 Å². The molecule has 0 aromatic heterocycles. The van der Waals surface area contributed by atoms with Gasteiger partial charge in [0.2, 0.25) is 5.91 Å². The zero-order chi connectivity index (χ0) is 23.6. The summed E-state index contributed by atoms with van der Waals surface area (Å²) in [5, 5.41) is 5.99. The molecule has 1 fully saturated rings. The van der Waals surface area contributed by atoms with E-state index in [1.54, 1.807) is 24.1 Å². The Kier molecular flexibility index (Phi) is 9.10. The molecule has 178 valence electrons. The molecule has 0 aliphatic carbocycles. The molecule has 0 saturated carbocycles. The van der Waals surface area contributed by atoms with Crippen LogP contribution in [0, 0.1) is 11.7 Å². The van der Waals surface area contributed by atoms with Crippen LogP contribution in [0.2, 0.25) is 0 Å². The summed E-state index contributed by atoms with van der Waals surface area (Å²) >= 11 is 0. The lowest BCUT2D eigenvalue weighted by Gasteiger charge is -2.39. The quantitative estimate of drug-likeness (QED) is 0.549. The Morgan fingerprint density at radius 1 is 1.06 bits per heavy atom. The third-order valence-electron chi connectivity index (χ3n) is 6.16. The second-order valence-corrected chi connectivity index (χ2v) is 8.43. The number of unbranched alkanes of at least 4 members (excludes halogenated alkanes) is 1. The van der Waals surface area contributed by atoms with Crippen LogP contribution in [0.25, 0.3) is 0 Å². The van der Waals surface area contributed by atoms with Crippen molar-refractivity contribution in [1.82, 2.24) is 15.5 Å². The standard InChI is InChI=1S/C26H34FN3O3/c1-3-4-16-29-26(32)30-18-21(11-14-23(30)19-9-12-22(27)13-10-19)25(31)28-17-15-20-7-5-6-8-24(20)33-2/h5-10,12-13,21,23H,3-4,11,14-18H2,1-2H3,(H,28,31)(H,29,32)/t21-,23+/m0/s1. The van der Waals surface area contributed by atoms with Gasteiger partial charge in [-0.15, -0.1) is 0 Å². The molecule has 0 bridgehead atoms. The number of likely N-dealkylation sites (tertiary alicyclic amines) is 1.